The number of halogens is 1. The molecule has 0 amide bonds. The molecule has 0 radical (unpaired) electrons. The number of aryl methyl sites for hydroxylation is 1. The van der Waals surface area contributed by atoms with E-state index in [1.807, 2.05) is 47.9 Å². The van der Waals surface area contributed by atoms with Crippen LogP contribution in [0.3, 0.4) is 0 Å². The van der Waals surface area contributed by atoms with Gasteiger partial charge in [0.1, 0.15) is 5.82 Å². The average molecular weight is 461 g/mol. The number of rotatable bonds is 6. The zero-order chi connectivity index (χ0) is 22.1. The van der Waals surface area contributed by atoms with E-state index in [1.165, 1.54) is 35.2 Å². The fourth-order valence-electron chi connectivity index (χ4n) is 3.51. The number of aromatic nitrogens is 4. The minimum atomic E-state index is -0.322. The minimum absolute atomic E-state index is 0.0489. The Balaban J connectivity index is 1.48. The molecule has 5 aromatic rings. The van der Waals surface area contributed by atoms with Crippen LogP contribution in [0.2, 0.25) is 0 Å². The van der Waals surface area contributed by atoms with Crippen LogP contribution in [0.5, 0.6) is 0 Å². The first-order valence-corrected chi connectivity index (χ1v) is 11.7. The van der Waals surface area contributed by atoms with Crippen molar-refractivity contribution in [1.29, 1.82) is 0 Å². The Morgan fingerprint density at radius 1 is 1.03 bits per heavy atom. The highest BCUT2D eigenvalue weighted by Crippen LogP contribution is 2.33. The molecule has 3 aromatic heterocycles. The van der Waals surface area contributed by atoms with Crippen LogP contribution in [0, 0.1) is 12.7 Å². The summed E-state index contributed by atoms with van der Waals surface area (Å²) in [5.41, 5.74) is 2.56. The van der Waals surface area contributed by atoms with Gasteiger partial charge in [-0.05, 0) is 60.3 Å². The van der Waals surface area contributed by atoms with Gasteiger partial charge in [0.05, 0.1) is 10.6 Å². The van der Waals surface area contributed by atoms with Crippen LogP contribution < -0.4 is 0 Å². The van der Waals surface area contributed by atoms with E-state index in [0.29, 0.717) is 11.0 Å². The van der Waals surface area contributed by atoms with Gasteiger partial charge in [0.25, 0.3) is 0 Å². The predicted molar refractivity (Wildman–Crippen MR) is 126 cm³/mol. The number of pyridine rings is 1. The number of nitrogens with zero attached hydrogens (tertiary/aromatic N) is 4. The van der Waals surface area contributed by atoms with Gasteiger partial charge < -0.3 is 0 Å². The number of benzene rings is 2. The molecule has 2 aromatic carbocycles. The third-order valence-electron chi connectivity index (χ3n) is 5.09. The number of Topliss-reactive ketones (excluding diaryl/α,β-unsaturated/α-hetero) is 1. The van der Waals surface area contributed by atoms with Gasteiger partial charge in [-0.3, -0.25) is 14.3 Å². The van der Waals surface area contributed by atoms with Gasteiger partial charge in [-0.15, -0.1) is 21.5 Å². The summed E-state index contributed by atoms with van der Waals surface area (Å²) >= 11 is 2.84. The van der Waals surface area contributed by atoms with E-state index in [1.54, 1.807) is 24.5 Å². The zero-order valence-electron chi connectivity index (χ0n) is 17.0. The van der Waals surface area contributed by atoms with Crippen LogP contribution in [0.15, 0.2) is 78.2 Å². The number of carbonyl (C=O) groups is 1. The quantitative estimate of drug-likeness (QED) is 0.231. The van der Waals surface area contributed by atoms with E-state index in [2.05, 4.69) is 15.2 Å². The number of carbonyl (C=O) groups excluding carboxylic acids is 1. The van der Waals surface area contributed by atoms with Gasteiger partial charge in [-0.1, -0.05) is 30.0 Å². The van der Waals surface area contributed by atoms with E-state index in [0.717, 1.165) is 31.8 Å². The molecule has 0 N–H and O–H groups in total. The summed E-state index contributed by atoms with van der Waals surface area (Å²) in [6, 6.07) is 17.8. The summed E-state index contributed by atoms with van der Waals surface area (Å²) in [6.45, 7) is 1.99. The molecule has 0 saturated carbocycles. The fraction of sp³-hybridized carbons (Fsp3) is 0.0833. The number of hydrogen-bond donors (Lipinski definition) is 0. The lowest BCUT2D eigenvalue weighted by Gasteiger charge is -2.10. The van der Waals surface area contributed by atoms with Crippen molar-refractivity contribution in [2.24, 2.45) is 0 Å². The highest BCUT2D eigenvalue weighted by atomic mass is 32.2. The Kier molecular flexibility index (Phi) is 5.55. The number of fused-ring (bicyclic) bond motifs is 1. The number of hydrogen-bond acceptors (Lipinski definition) is 6. The van der Waals surface area contributed by atoms with E-state index in [4.69, 9.17) is 0 Å². The second-order valence-electron chi connectivity index (χ2n) is 7.12. The molecule has 0 atom stereocenters. The van der Waals surface area contributed by atoms with Gasteiger partial charge in [-0.2, -0.15) is 0 Å². The highest BCUT2D eigenvalue weighted by molar-refractivity contribution is 7.99. The molecule has 0 aliphatic heterocycles. The summed E-state index contributed by atoms with van der Waals surface area (Å²) < 4.78 is 16.5. The molecular formula is C24H17FN4OS2. The van der Waals surface area contributed by atoms with E-state index in [9.17, 15) is 9.18 Å². The molecule has 0 saturated heterocycles. The molecule has 0 bridgehead atoms. The molecule has 0 aliphatic carbocycles. The lowest BCUT2D eigenvalue weighted by atomic mass is 10.1. The van der Waals surface area contributed by atoms with Crippen molar-refractivity contribution in [1.82, 2.24) is 19.7 Å². The second kappa shape index (κ2) is 8.64. The number of thioether (sulfide) groups is 1. The van der Waals surface area contributed by atoms with Gasteiger partial charge in [-0.25, -0.2) is 4.39 Å². The van der Waals surface area contributed by atoms with Crippen molar-refractivity contribution in [3.63, 3.8) is 0 Å². The van der Waals surface area contributed by atoms with Crippen LogP contribution >= 0.6 is 23.1 Å². The molecule has 8 heteroatoms. The highest BCUT2D eigenvalue weighted by Gasteiger charge is 2.20. The molecule has 158 valence electrons. The van der Waals surface area contributed by atoms with Crippen LogP contribution in [0.1, 0.15) is 15.2 Å². The van der Waals surface area contributed by atoms with Crippen LogP contribution in [0.25, 0.3) is 27.2 Å². The maximum atomic E-state index is 13.5. The Bertz CT molecular complexity index is 1410. The van der Waals surface area contributed by atoms with Crippen molar-refractivity contribution in [3.8, 4) is 17.1 Å². The van der Waals surface area contributed by atoms with Crippen molar-refractivity contribution < 1.29 is 9.18 Å². The first-order valence-electron chi connectivity index (χ1n) is 9.87. The molecule has 3 heterocycles. The Labute approximate surface area is 192 Å². The maximum absolute atomic E-state index is 13.5. The molecule has 0 fully saturated rings. The van der Waals surface area contributed by atoms with Crippen LogP contribution in [-0.2, 0) is 0 Å². The molecule has 5 nitrogen and oxygen atoms in total. The second-order valence-corrected chi connectivity index (χ2v) is 9.11. The molecule has 0 spiro atoms. The van der Waals surface area contributed by atoms with Crippen molar-refractivity contribution in [2.45, 2.75) is 12.1 Å². The smallest absolute Gasteiger partial charge is 0.196 e. The normalized spacial score (nSPS) is 11.2. The average Bonchev–Trinajstić information content (AvgIpc) is 3.40. The summed E-state index contributed by atoms with van der Waals surface area (Å²) in [4.78, 5) is 17.9. The molecule has 0 unspecified atom stereocenters. The van der Waals surface area contributed by atoms with Gasteiger partial charge in [0.2, 0.25) is 0 Å². The maximum Gasteiger partial charge on any atom is 0.196 e. The molecule has 5 rings (SSSR count). The monoisotopic (exact) mass is 460 g/mol. The topological polar surface area (TPSA) is 60.7 Å². The van der Waals surface area contributed by atoms with Gasteiger partial charge in [0, 0.05) is 28.3 Å². The largest absolute Gasteiger partial charge is 0.292 e. The summed E-state index contributed by atoms with van der Waals surface area (Å²) in [6.07, 6.45) is 3.36. The van der Waals surface area contributed by atoms with E-state index >= 15 is 0 Å². The first-order chi connectivity index (χ1) is 15.6. The lowest BCUT2D eigenvalue weighted by Crippen LogP contribution is -2.04. The SMILES string of the molecule is Cc1c(C(=O)CSc2nnc(-c3ccncc3)n2-c2ccc(F)cc2)sc2ccccc12. The van der Waals surface area contributed by atoms with Crippen molar-refractivity contribution >= 4 is 39.0 Å². The van der Waals surface area contributed by atoms with Crippen molar-refractivity contribution in [2.75, 3.05) is 5.75 Å². The first kappa shape index (κ1) is 20.5. The Hall–Kier alpha value is -3.36. The molecule has 0 aliphatic rings. The van der Waals surface area contributed by atoms with E-state index < -0.39 is 0 Å². The summed E-state index contributed by atoms with van der Waals surface area (Å²) in [5.74, 6) is 0.556. The Morgan fingerprint density at radius 2 is 1.78 bits per heavy atom. The standard InChI is InChI=1S/C24H17FN4OS2/c1-15-19-4-2-3-5-21(19)32-22(15)20(30)14-31-24-28-27-23(16-10-12-26-13-11-16)29(24)18-8-6-17(25)7-9-18/h2-13H,14H2,1H3. The van der Waals surface area contributed by atoms with Gasteiger partial charge >= 0.3 is 0 Å². The number of thiophene rings is 1. The third kappa shape index (κ3) is 3.83. The van der Waals surface area contributed by atoms with Crippen LogP contribution in [-0.4, -0.2) is 31.3 Å². The lowest BCUT2D eigenvalue weighted by molar-refractivity contribution is 0.102. The minimum Gasteiger partial charge on any atom is -0.292 e. The number of ketones is 1. The fourth-order valence-corrected chi connectivity index (χ4v) is 5.57. The third-order valence-corrected chi connectivity index (χ3v) is 7.33. The predicted octanol–water partition coefficient (Wildman–Crippen LogP) is 5.97. The van der Waals surface area contributed by atoms with Crippen LogP contribution in [0.4, 0.5) is 4.39 Å². The van der Waals surface area contributed by atoms with Gasteiger partial charge in [0.15, 0.2) is 16.8 Å². The summed E-state index contributed by atoms with van der Waals surface area (Å²) in [5, 5.41) is 10.4. The van der Waals surface area contributed by atoms with E-state index in [-0.39, 0.29) is 17.4 Å². The molecular weight excluding hydrogens is 443 g/mol. The molecule has 32 heavy (non-hydrogen) atoms. The zero-order valence-corrected chi connectivity index (χ0v) is 18.7. The van der Waals surface area contributed by atoms with Crippen molar-refractivity contribution in [3.05, 3.63) is 89.3 Å². The summed E-state index contributed by atoms with van der Waals surface area (Å²) in [7, 11) is 0. The Morgan fingerprint density at radius 3 is 2.53 bits per heavy atom.